The fourth-order valence-electron chi connectivity index (χ4n) is 3.64. The minimum Gasteiger partial charge on any atom is -0.345 e. The highest BCUT2D eigenvalue weighted by Gasteiger charge is 2.22. The highest BCUT2D eigenvalue weighted by molar-refractivity contribution is 5.94. The van der Waals surface area contributed by atoms with Gasteiger partial charge in [0.2, 0.25) is 5.95 Å². The predicted molar refractivity (Wildman–Crippen MR) is 105 cm³/mol. The van der Waals surface area contributed by atoms with Crippen molar-refractivity contribution in [3.05, 3.63) is 51.7 Å². The zero-order chi connectivity index (χ0) is 19.4. The van der Waals surface area contributed by atoms with E-state index in [9.17, 15) is 9.59 Å². The summed E-state index contributed by atoms with van der Waals surface area (Å²) in [4.78, 5) is 38.0. The summed E-state index contributed by atoms with van der Waals surface area (Å²) in [5.41, 5.74) is 1.37. The molecule has 1 unspecified atom stereocenters. The number of hydrogen-bond acceptors (Lipinski definition) is 5. The third-order valence-electron chi connectivity index (χ3n) is 5.32. The van der Waals surface area contributed by atoms with Gasteiger partial charge in [-0.05, 0) is 38.8 Å². The van der Waals surface area contributed by atoms with Gasteiger partial charge in [0, 0.05) is 36.7 Å². The van der Waals surface area contributed by atoms with Crippen LogP contribution in [-0.2, 0) is 0 Å². The molecule has 1 saturated carbocycles. The number of aryl methyl sites for hydroxylation is 1. The largest absolute Gasteiger partial charge is 0.345 e. The number of pyridine rings is 1. The number of aromatic nitrogens is 3. The molecule has 1 aliphatic rings. The van der Waals surface area contributed by atoms with Gasteiger partial charge in [0.25, 0.3) is 11.5 Å². The summed E-state index contributed by atoms with van der Waals surface area (Å²) in [5.74, 6) is 0.313. The Morgan fingerprint density at radius 2 is 2.07 bits per heavy atom. The molecule has 7 nitrogen and oxygen atoms in total. The molecule has 0 spiro atoms. The van der Waals surface area contributed by atoms with Gasteiger partial charge in [-0.2, -0.15) is 0 Å². The Morgan fingerprint density at radius 3 is 2.74 bits per heavy atom. The van der Waals surface area contributed by atoms with E-state index in [-0.39, 0.29) is 11.6 Å². The van der Waals surface area contributed by atoms with Gasteiger partial charge >= 0.3 is 0 Å². The zero-order valence-corrected chi connectivity index (χ0v) is 16.2. The van der Waals surface area contributed by atoms with Crippen molar-refractivity contribution < 1.29 is 4.79 Å². The van der Waals surface area contributed by atoms with E-state index in [1.165, 1.54) is 44.4 Å². The van der Waals surface area contributed by atoms with Crippen LogP contribution in [0.2, 0.25) is 0 Å². The Morgan fingerprint density at radius 1 is 1.33 bits per heavy atom. The fraction of sp³-hybridized carbons (Fsp3) is 0.500. The van der Waals surface area contributed by atoms with Gasteiger partial charge in [0.1, 0.15) is 5.56 Å². The molecule has 2 aromatic rings. The lowest BCUT2D eigenvalue weighted by Gasteiger charge is -2.31. The topological polar surface area (TPSA) is 91.0 Å². The van der Waals surface area contributed by atoms with Gasteiger partial charge in [-0.15, -0.1) is 0 Å². The molecule has 0 radical (unpaired) electrons. The Bertz CT molecular complexity index is 857. The van der Waals surface area contributed by atoms with E-state index < -0.39 is 11.5 Å². The smallest absolute Gasteiger partial charge is 0.260 e. The number of aromatic amines is 1. The second kappa shape index (κ2) is 8.33. The van der Waals surface area contributed by atoms with E-state index >= 15 is 0 Å². The summed E-state index contributed by atoms with van der Waals surface area (Å²) in [6.45, 7) is 3.79. The van der Waals surface area contributed by atoms with E-state index in [1.54, 1.807) is 12.3 Å². The molecule has 1 amide bonds. The molecule has 27 heavy (non-hydrogen) atoms. The lowest BCUT2D eigenvalue weighted by molar-refractivity contribution is 0.0938. The summed E-state index contributed by atoms with van der Waals surface area (Å²) in [6, 6.07) is 3.33. The quantitative estimate of drug-likeness (QED) is 0.846. The molecular weight excluding hydrogens is 342 g/mol. The number of carbonyl (C=O) groups excluding carboxylic acids is 1. The zero-order valence-electron chi connectivity index (χ0n) is 16.2. The molecule has 0 aromatic carbocycles. The average Bonchev–Trinajstić information content (AvgIpc) is 2.68. The first-order chi connectivity index (χ1) is 13.0. The molecule has 0 aliphatic heterocycles. The standard InChI is InChI=1S/C20H27N5O2/c1-13(23-19(27)16-10-7-11-21-18(16)26)17-12-22-20(24-14(17)2)25(3)15-8-5-4-6-9-15/h7,10-13,15H,4-6,8-9H2,1-3H3,(H,21,26)(H,23,27). The lowest BCUT2D eigenvalue weighted by atomic mass is 9.95. The normalized spacial score (nSPS) is 16.0. The van der Waals surface area contributed by atoms with E-state index in [0.29, 0.717) is 6.04 Å². The molecule has 2 aromatic heterocycles. The maximum Gasteiger partial charge on any atom is 0.260 e. The molecule has 2 heterocycles. The van der Waals surface area contributed by atoms with Crippen LogP contribution in [0, 0.1) is 6.92 Å². The number of H-pyrrole nitrogens is 1. The first-order valence-electron chi connectivity index (χ1n) is 9.52. The maximum atomic E-state index is 12.4. The van der Waals surface area contributed by atoms with E-state index in [0.717, 1.165) is 17.2 Å². The first-order valence-corrected chi connectivity index (χ1v) is 9.52. The number of amides is 1. The summed E-state index contributed by atoms with van der Waals surface area (Å²) in [6.07, 6.45) is 9.46. The number of nitrogens with zero attached hydrogens (tertiary/aromatic N) is 3. The molecule has 144 valence electrons. The van der Waals surface area contributed by atoms with Gasteiger partial charge in [0.15, 0.2) is 0 Å². The number of carbonyl (C=O) groups is 1. The van der Waals surface area contributed by atoms with Crippen molar-refractivity contribution in [2.24, 2.45) is 0 Å². The highest BCUT2D eigenvalue weighted by atomic mass is 16.2. The molecule has 1 aliphatic carbocycles. The summed E-state index contributed by atoms with van der Waals surface area (Å²) < 4.78 is 0. The fourth-order valence-corrected chi connectivity index (χ4v) is 3.64. The molecule has 2 N–H and O–H groups in total. The minimum atomic E-state index is -0.410. The summed E-state index contributed by atoms with van der Waals surface area (Å²) >= 11 is 0. The van der Waals surface area contributed by atoms with Gasteiger partial charge in [-0.3, -0.25) is 9.59 Å². The van der Waals surface area contributed by atoms with Crippen LogP contribution in [0.1, 0.15) is 66.7 Å². The number of anilines is 1. The minimum absolute atomic E-state index is 0.0940. The van der Waals surface area contributed by atoms with Crippen LogP contribution in [0.5, 0.6) is 0 Å². The summed E-state index contributed by atoms with van der Waals surface area (Å²) in [5, 5.41) is 2.85. The molecular formula is C20H27N5O2. The van der Waals surface area contributed by atoms with E-state index in [1.807, 2.05) is 13.8 Å². The Balaban J connectivity index is 1.72. The SMILES string of the molecule is Cc1nc(N(C)C2CCCCC2)ncc1C(C)NC(=O)c1ccc[nH]c1=O. The second-order valence-electron chi connectivity index (χ2n) is 7.22. The van der Waals surface area contributed by atoms with Crippen molar-refractivity contribution in [3.8, 4) is 0 Å². The number of rotatable bonds is 5. The molecule has 3 rings (SSSR count). The Kier molecular flexibility index (Phi) is 5.88. The Labute approximate surface area is 159 Å². The molecule has 1 fully saturated rings. The second-order valence-corrected chi connectivity index (χ2v) is 7.22. The lowest BCUT2D eigenvalue weighted by Crippen LogP contribution is -2.35. The first kappa shape index (κ1) is 19.1. The van der Waals surface area contributed by atoms with Crippen molar-refractivity contribution in [3.63, 3.8) is 0 Å². The van der Waals surface area contributed by atoms with Crippen LogP contribution in [-0.4, -0.2) is 33.9 Å². The predicted octanol–water partition coefficient (Wildman–Crippen LogP) is 2.73. The van der Waals surface area contributed by atoms with Crippen LogP contribution in [0.25, 0.3) is 0 Å². The van der Waals surface area contributed by atoms with Gasteiger partial charge < -0.3 is 15.2 Å². The monoisotopic (exact) mass is 369 g/mol. The van der Waals surface area contributed by atoms with Crippen LogP contribution in [0.4, 0.5) is 5.95 Å². The number of nitrogens with one attached hydrogen (secondary N) is 2. The van der Waals surface area contributed by atoms with Crippen molar-refractivity contribution in [1.82, 2.24) is 20.3 Å². The van der Waals surface area contributed by atoms with Crippen molar-refractivity contribution in [2.75, 3.05) is 11.9 Å². The van der Waals surface area contributed by atoms with E-state index in [4.69, 9.17) is 0 Å². The van der Waals surface area contributed by atoms with Gasteiger partial charge in [-0.1, -0.05) is 19.3 Å². The molecule has 7 heteroatoms. The van der Waals surface area contributed by atoms with Crippen LogP contribution < -0.4 is 15.8 Å². The molecule has 0 saturated heterocycles. The average molecular weight is 369 g/mol. The third-order valence-corrected chi connectivity index (χ3v) is 5.32. The number of hydrogen-bond donors (Lipinski definition) is 2. The molecule has 0 bridgehead atoms. The maximum absolute atomic E-state index is 12.4. The van der Waals surface area contributed by atoms with Crippen molar-refractivity contribution >= 4 is 11.9 Å². The van der Waals surface area contributed by atoms with E-state index in [2.05, 4.69) is 32.2 Å². The van der Waals surface area contributed by atoms with Crippen LogP contribution in [0.15, 0.2) is 29.3 Å². The highest BCUT2D eigenvalue weighted by Crippen LogP contribution is 2.25. The molecule has 1 atom stereocenters. The van der Waals surface area contributed by atoms with Crippen molar-refractivity contribution in [1.29, 1.82) is 0 Å². The van der Waals surface area contributed by atoms with Gasteiger partial charge in [0.05, 0.1) is 6.04 Å². The van der Waals surface area contributed by atoms with Crippen molar-refractivity contribution in [2.45, 2.75) is 58.0 Å². The summed E-state index contributed by atoms with van der Waals surface area (Å²) in [7, 11) is 2.05. The Hall–Kier alpha value is -2.70. The van der Waals surface area contributed by atoms with Gasteiger partial charge in [-0.25, -0.2) is 9.97 Å². The third kappa shape index (κ3) is 4.35. The van der Waals surface area contributed by atoms with Crippen LogP contribution in [0.3, 0.4) is 0 Å². The van der Waals surface area contributed by atoms with Crippen LogP contribution >= 0.6 is 0 Å².